The lowest BCUT2D eigenvalue weighted by atomic mass is 10.1. The monoisotopic (exact) mass is 368 g/mol. The van der Waals surface area contributed by atoms with Crippen molar-refractivity contribution < 1.29 is 17.9 Å². The lowest BCUT2D eigenvalue weighted by molar-refractivity contribution is 0.0195. The van der Waals surface area contributed by atoms with Crippen molar-refractivity contribution in [3.05, 3.63) is 35.4 Å². The number of amides is 1. The second kappa shape index (κ2) is 7.74. The van der Waals surface area contributed by atoms with Gasteiger partial charge in [0, 0.05) is 19.1 Å². The van der Waals surface area contributed by atoms with Gasteiger partial charge in [0.25, 0.3) is 0 Å². The van der Waals surface area contributed by atoms with Gasteiger partial charge in [-0.3, -0.25) is 0 Å². The second-order valence-corrected chi connectivity index (χ2v) is 9.32. The number of carbonyl (C=O) groups is 1. The Balaban J connectivity index is 1.97. The van der Waals surface area contributed by atoms with Crippen molar-refractivity contribution in [1.82, 2.24) is 9.62 Å². The van der Waals surface area contributed by atoms with Gasteiger partial charge in [-0.2, -0.15) is 0 Å². The Morgan fingerprint density at radius 1 is 1.32 bits per heavy atom. The highest BCUT2D eigenvalue weighted by Crippen LogP contribution is 2.17. The number of ether oxygens (including phenoxy) is 1. The summed E-state index contributed by atoms with van der Waals surface area (Å²) in [6.45, 7) is 8.27. The zero-order valence-corrected chi connectivity index (χ0v) is 16.2. The third kappa shape index (κ3) is 6.32. The summed E-state index contributed by atoms with van der Waals surface area (Å²) < 4.78 is 33.1. The number of benzene rings is 1. The number of nitrogens with one attached hydrogen (secondary N) is 1. The van der Waals surface area contributed by atoms with Gasteiger partial charge in [-0.25, -0.2) is 17.9 Å². The van der Waals surface area contributed by atoms with Crippen LogP contribution in [-0.4, -0.2) is 44.1 Å². The minimum atomic E-state index is -3.47. The third-order valence-electron chi connectivity index (χ3n) is 4.03. The zero-order chi connectivity index (χ0) is 18.7. The van der Waals surface area contributed by atoms with E-state index in [2.05, 4.69) is 4.72 Å². The fraction of sp³-hybridized carbons (Fsp3) is 0.611. The molecule has 1 heterocycles. The predicted molar refractivity (Wildman–Crippen MR) is 97.8 cm³/mol. The molecule has 1 N–H and O–H groups in total. The summed E-state index contributed by atoms with van der Waals surface area (Å²) in [6.07, 6.45) is 1.07. The number of nitrogens with zero attached hydrogens (tertiary/aromatic N) is 1. The van der Waals surface area contributed by atoms with E-state index in [1.54, 1.807) is 4.90 Å². The van der Waals surface area contributed by atoms with Gasteiger partial charge in [0.05, 0.1) is 5.75 Å². The normalized spacial score (nSPS) is 18.9. The number of aryl methyl sites for hydroxylation is 1. The van der Waals surface area contributed by atoms with E-state index in [1.807, 2.05) is 52.0 Å². The molecule has 1 fully saturated rings. The van der Waals surface area contributed by atoms with Gasteiger partial charge >= 0.3 is 6.09 Å². The van der Waals surface area contributed by atoms with Gasteiger partial charge < -0.3 is 9.64 Å². The van der Waals surface area contributed by atoms with Crippen molar-refractivity contribution >= 4 is 16.1 Å². The lowest BCUT2D eigenvalue weighted by Crippen LogP contribution is -2.50. The first-order chi connectivity index (χ1) is 11.6. The van der Waals surface area contributed by atoms with Gasteiger partial charge in [-0.1, -0.05) is 24.3 Å². The molecule has 1 aliphatic heterocycles. The van der Waals surface area contributed by atoms with E-state index in [4.69, 9.17) is 4.74 Å². The molecule has 2 rings (SSSR count). The average Bonchev–Trinajstić information content (AvgIpc) is 2.47. The molecule has 0 aromatic heterocycles. The summed E-state index contributed by atoms with van der Waals surface area (Å²) in [5, 5.41) is 0. The van der Waals surface area contributed by atoms with E-state index < -0.39 is 21.7 Å². The van der Waals surface area contributed by atoms with Crippen LogP contribution in [0.1, 0.15) is 44.7 Å². The quantitative estimate of drug-likeness (QED) is 0.887. The molecule has 0 saturated carbocycles. The molecule has 0 spiro atoms. The van der Waals surface area contributed by atoms with Crippen LogP contribution in [0, 0.1) is 6.92 Å². The second-order valence-electron chi connectivity index (χ2n) is 7.57. The molecule has 0 bridgehead atoms. The molecule has 25 heavy (non-hydrogen) atoms. The first kappa shape index (κ1) is 19.7. The van der Waals surface area contributed by atoms with Crippen molar-refractivity contribution in [2.24, 2.45) is 0 Å². The maximum absolute atomic E-state index is 12.5. The molecule has 1 amide bonds. The van der Waals surface area contributed by atoms with Gasteiger partial charge in [0.2, 0.25) is 10.0 Å². The number of rotatable bonds is 4. The fourth-order valence-electron chi connectivity index (χ4n) is 2.84. The number of hydrogen-bond acceptors (Lipinski definition) is 4. The van der Waals surface area contributed by atoms with E-state index >= 15 is 0 Å². The molecule has 140 valence electrons. The molecule has 1 atom stereocenters. The lowest BCUT2D eigenvalue weighted by Gasteiger charge is -2.34. The summed E-state index contributed by atoms with van der Waals surface area (Å²) in [5.74, 6) is -0.0530. The number of likely N-dealkylation sites (tertiary alicyclic amines) is 1. The van der Waals surface area contributed by atoms with Crippen LogP contribution in [0.15, 0.2) is 24.3 Å². The van der Waals surface area contributed by atoms with Crippen LogP contribution in [0.3, 0.4) is 0 Å². The first-order valence-electron chi connectivity index (χ1n) is 8.58. The van der Waals surface area contributed by atoms with Crippen molar-refractivity contribution in [3.8, 4) is 0 Å². The van der Waals surface area contributed by atoms with E-state index in [9.17, 15) is 13.2 Å². The molecular formula is C18H28N2O4S. The Labute approximate surface area is 150 Å². The summed E-state index contributed by atoms with van der Waals surface area (Å²) >= 11 is 0. The fourth-order valence-corrected chi connectivity index (χ4v) is 4.35. The molecule has 6 nitrogen and oxygen atoms in total. The van der Waals surface area contributed by atoms with Crippen LogP contribution >= 0.6 is 0 Å². The first-order valence-corrected chi connectivity index (χ1v) is 10.2. The van der Waals surface area contributed by atoms with E-state index in [0.717, 1.165) is 17.5 Å². The third-order valence-corrected chi connectivity index (χ3v) is 5.41. The van der Waals surface area contributed by atoms with Crippen LogP contribution in [0.2, 0.25) is 0 Å². The van der Waals surface area contributed by atoms with Crippen molar-refractivity contribution in [1.29, 1.82) is 0 Å². The van der Waals surface area contributed by atoms with Crippen LogP contribution in [0.25, 0.3) is 0 Å². The molecule has 1 aromatic carbocycles. The Kier molecular flexibility index (Phi) is 6.11. The summed E-state index contributed by atoms with van der Waals surface area (Å²) in [7, 11) is -3.47. The molecule has 1 aliphatic rings. The van der Waals surface area contributed by atoms with Crippen LogP contribution in [0.5, 0.6) is 0 Å². The molecule has 0 radical (unpaired) electrons. The molecule has 1 aromatic rings. The van der Waals surface area contributed by atoms with Crippen LogP contribution in [0.4, 0.5) is 4.79 Å². The molecule has 1 saturated heterocycles. The van der Waals surface area contributed by atoms with Gasteiger partial charge in [0.15, 0.2) is 0 Å². The Hall–Kier alpha value is -1.60. The number of hydrogen-bond donors (Lipinski definition) is 1. The number of sulfonamides is 1. The molecule has 0 unspecified atom stereocenters. The van der Waals surface area contributed by atoms with Gasteiger partial charge in [-0.15, -0.1) is 0 Å². The van der Waals surface area contributed by atoms with E-state index in [1.165, 1.54) is 0 Å². The van der Waals surface area contributed by atoms with E-state index in [0.29, 0.717) is 19.5 Å². The van der Waals surface area contributed by atoms with Gasteiger partial charge in [0.1, 0.15) is 5.60 Å². The highest BCUT2D eigenvalue weighted by atomic mass is 32.2. The standard InChI is InChI=1S/C18H28N2O4S/c1-14-8-5-6-9-15(14)13-25(22,23)19-16-10-7-11-20(12-16)17(21)24-18(2,3)4/h5-6,8-9,16,19H,7,10-13H2,1-4H3/t16-/m0/s1. The SMILES string of the molecule is Cc1ccccc1CS(=O)(=O)N[C@H]1CCCN(C(=O)OC(C)(C)C)C1. The minimum Gasteiger partial charge on any atom is -0.444 e. The van der Waals surface area contributed by atoms with Crippen LogP contribution in [-0.2, 0) is 20.5 Å². The Morgan fingerprint density at radius 2 is 2.00 bits per heavy atom. The van der Waals surface area contributed by atoms with Gasteiger partial charge in [-0.05, 0) is 51.7 Å². The maximum Gasteiger partial charge on any atom is 0.410 e. The number of carbonyl (C=O) groups excluding carboxylic acids is 1. The molecule has 0 aliphatic carbocycles. The van der Waals surface area contributed by atoms with E-state index in [-0.39, 0.29) is 11.8 Å². The highest BCUT2D eigenvalue weighted by Gasteiger charge is 2.29. The Bertz CT molecular complexity index is 710. The Morgan fingerprint density at radius 3 is 2.64 bits per heavy atom. The smallest absolute Gasteiger partial charge is 0.410 e. The predicted octanol–water partition coefficient (Wildman–Crippen LogP) is 2.81. The minimum absolute atomic E-state index is 0.0530. The largest absolute Gasteiger partial charge is 0.444 e. The molecule has 7 heteroatoms. The average molecular weight is 368 g/mol. The molecular weight excluding hydrogens is 340 g/mol. The van der Waals surface area contributed by atoms with Crippen molar-refractivity contribution in [2.45, 2.75) is 57.9 Å². The number of piperidine rings is 1. The van der Waals surface area contributed by atoms with Crippen molar-refractivity contribution in [2.75, 3.05) is 13.1 Å². The van der Waals surface area contributed by atoms with Crippen LogP contribution < -0.4 is 4.72 Å². The maximum atomic E-state index is 12.5. The van der Waals surface area contributed by atoms with Crippen molar-refractivity contribution in [3.63, 3.8) is 0 Å². The summed E-state index contributed by atoms with van der Waals surface area (Å²) in [6, 6.07) is 7.16. The topological polar surface area (TPSA) is 75.7 Å². The summed E-state index contributed by atoms with van der Waals surface area (Å²) in [5.41, 5.74) is 1.18. The summed E-state index contributed by atoms with van der Waals surface area (Å²) in [4.78, 5) is 13.8. The highest BCUT2D eigenvalue weighted by molar-refractivity contribution is 7.88. The zero-order valence-electron chi connectivity index (χ0n) is 15.4.